The standard InChI is InChI=1S/C16H20N4OS/c1-12(20-10-6-3-7-11-20)14(21)17-16-19-18-15(22-16)13-8-4-2-5-9-13/h2,4-5,8-9,12H,3,6-7,10-11H2,1H3,(H,17,19,21). The highest BCUT2D eigenvalue weighted by Crippen LogP contribution is 2.26. The Morgan fingerprint density at radius 1 is 1.18 bits per heavy atom. The predicted molar refractivity (Wildman–Crippen MR) is 88.9 cm³/mol. The number of rotatable bonds is 4. The lowest BCUT2D eigenvalue weighted by molar-refractivity contribution is -0.121. The summed E-state index contributed by atoms with van der Waals surface area (Å²) < 4.78 is 0. The highest BCUT2D eigenvalue weighted by atomic mass is 32.1. The van der Waals surface area contributed by atoms with Gasteiger partial charge in [-0.2, -0.15) is 0 Å². The molecule has 1 fully saturated rings. The Morgan fingerprint density at radius 2 is 1.91 bits per heavy atom. The molecule has 116 valence electrons. The molecule has 1 atom stereocenters. The summed E-state index contributed by atoms with van der Waals surface area (Å²) in [5.74, 6) is -0.00217. The maximum absolute atomic E-state index is 12.3. The Hall–Kier alpha value is -1.79. The summed E-state index contributed by atoms with van der Waals surface area (Å²) in [7, 11) is 0. The Kier molecular flexibility index (Phi) is 4.80. The number of hydrogen-bond acceptors (Lipinski definition) is 5. The maximum atomic E-state index is 12.3. The fraction of sp³-hybridized carbons (Fsp3) is 0.438. The van der Waals surface area contributed by atoms with Crippen molar-refractivity contribution in [1.82, 2.24) is 15.1 Å². The van der Waals surface area contributed by atoms with Crippen LogP contribution in [0.3, 0.4) is 0 Å². The van der Waals surface area contributed by atoms with E-state index in [1.54, 1.807) is 0 Å². The predicted octanol–water partition coefficient (Wildman–Crippen LogP) is 3.02. The molecular formula is C16H20N4OS. The number of hydrogen-bond donors (Lipinski definition) is 1. The lowest BCUT2D eigenvalue weighted by Crippen LogP contribution is -2.44. The summed E-state index contributed by atoms with van der Waals surface area (Å²) in [5.41, 5.74) is 1.02. The number of carbonyl (C=O) groups is 1. The molecule has 2 heterocycles. The van der Waals surface area contributed by atoms with Crippen molar-refractivity contribution in [2.45, 2.75) is 32.2 Å². The monoisotopic (exact) mass is 316 g/mol. The molecule has 1 aromatic carbocycles. The molecule has 1 amide bonds. The van der Waals surface area contributed by atoms with Gasteiger partial charge in [0.25, 0.3) is 0 Å². The van der Waals surface area contributed by atoms with Gasteiger partial charge in [-0.3, -0.25) is 15.0 Å². The molecule has 1 aliphatic rings. The van der Waals surface area contributed by atoms with Crippen LogP contribution in [0.15, 0.2) is 30.3 Å². The first kappa shape index (κ1) is 15.1. The lowest BCUT2D eigenvalue weighted by atomic mass is 10.1. The number of likely N-dealkylation sites (tertiary alicyclic amines) is 1. The number of piperidine rings is 1. The minimum atomic E-state index is -0.121. The molecule has 0 saturated carbocycles. The molecule has 1 aliphatic heterocycles. The van der Waals surface area contributed by atoms with Gasteiger partial charge < -0.3 is 0 Å². The molecule has 2 aromatic rings. The van der Waals surface area contributed by atoms with Crippen LogP contribution in [0.4, 0.5) is 5.13 Å². The van der Waals surface area contributed by atoms with Gasteiger partial charge in [-0.05, 0) is 32.9 Å². The van der Waals surface area contributed by atoms with Crippen molar-refractivity contribution in [2.75, 3.05) is 18.4 Å². The van der Waals surface area contributed by atoms with Gasteiger partial charge in [-0.25, -0.2) is 0 Å². The third kappa shape index (κ3) is 3.51. The zero-order valence-corrected chi connectivity index (χ0v) is 13.5. The van der Waals surface area contributed by atoms with E-state index in [0.717, 1.165) is 23.7 Å². The van der Waals surface area contributed by atoms with Crippen molar-refractivity contribution in [3.05, 3.63) is 30.3 Å². The van der Waals surface area contributed by atoms with Crippen LogP contribution in [0, 0.1) is 0 Å². The fourth-order valence-corrected chi connectivity index (χ4v) is 3.40. The van der Waals surface area contributed by atoms with Gasteiger partial charge in [0.1, 0.15) is 5.01 Å². The third-order valence-corrected chi connectivity index (χ3v) is 4.88. The van der Waals surface area contributed by atoms with E-state index >= 15 is 0 Å². The van der Waals surface area contributed by atoms with Crippen LogP contribution in [0.1, 0.15) is 26.2 Å². The molecule has 0 bridgehead atoms. The average Bonchev–Trinajstić information content (AvgIpc) is 3.04. The Bertz CT molecular complexity index is 622. The number of nitrogens with zero attached hydrogens (tertiary/aromatic N) is 3. The average molecular weight is 316 g/mol. The van der Waals surface area contributed by atoms with E-state index < -0.39 is 0 Å². The van der Waals surface area contributed by atoms with E-state index in [4.69, 9.17) is 0 Å². The highest BCUT2D eigenvalue weighted by molar-refractivity contribution is 7.18. The number of aromatic nitrogens is 2. The molecule has 0 spiro atoms. The van der Waals surface area contributed by atoms with Crippen molar-refractivity contribution in [2.24, 2.45) is 0 Å². The zero-order chi connectivity index (χ0) is 15.4. The second kappa shape index (κ2) is 6.98. The van der Waals surface area contributed by atoms with Crippen LogP contribution in [-0.4, -0.2) is 40.1 Å². The van der Waals surface area contributed by atoms with E-state index in [0.29, 0.717) is 5.13 Å². The quantitative estimate of drug-likeness (QED) is 0.942. The summed E-state index contributed by atoms with van der Waals surface area (Å²) in [6.07, 6.45) is 3.62. The van der Waals surface area contributed by atoms with Gasteiger partial charge in [-0.1, -0.05) is 48.1 Å². The first-order valence-corrected chi connectivity index (χ1v) is 8.49. The number of anilines is 1. The van der Waals surface area contributed by atoms with Crippen molar-refractivity contribution in [1.29, 1.82) is 0 Å². The number of amides is 1. The molecule has 1 aromatic heterocycles. The molecular weight excluding hydrogens is 296 g/mol. The summed E-state index contributed by atoms with van der Waals surface area (Å²) in [6, 6.07) is 9.75. The fourth-order valence-electron chi connectivity index (χ4n) is 2.65. The van der Waals surface area contributed by atoms with Gasteiger partial charge in [0, 0.05) is 5.56 Å². The van der Waals surface area contributed by atoms with Crippen molar-refractivity contribution in [3.63, 3.8) is 0 Å². The molecule has 6 heteroatoms. The normalized spacial score (nSPS) is 17.1. The highest BCUT2D eigenvalue weighted by Gasteiger charge is 2.23. The lowest BCUT2D eigenvalue weighted by Gasteiger charge is -2.31. The summed E-state index contributed by atoms with van der Waals surface area (Å²) in [4.78, 5) is 14.6. The summed E-state index contributed by atoms with van der Waals surface area (Å²) in [5, 5.41) is 12.5. The molecule has 1 N–H and O–H groups in total. The van der Waals surface area contributed by atoms with Gasteiger partial charge in [0.15, 0.2) is 0 Å². The molecule has 1 unspecified atom stereocenters. The molecule has 22 heavy (non-hydrogen) atoms. The second-order valence-corrected chi connectivity index (χ2v) is 6.52. The van der Waals surface area contributed by atoms with Crippen LogP contribution in [0.5, 0.6) is 0 Å². The SMILES string of the molecule is CC(C(=O)Nc1nnc(-c2ccccc2)s1)N1CCCCC1. The largest absolute Gasteiger partial charge is 0.299 e. The van der Waals surface area contributed by atoms with E-state index in [2.05, 4.69) is 20.4 Å². The van der Waals surface area contributed by atoms with Crippen LogP contribution in [-0.2, 0) is 4.79 Å². The first-order valence-electron chi connectivity index (χ1n) is 7.68. The Morgan fingerprint density at radius 3 is 2.64 bits per heavy atom. The Balaban J connectivity index is 1.63. The number of carbonyl (C=O) groups excluding carboxylic acids is 1. The molecule has 0 aliphatic carbocycles. The molecule has 3 rings (SSSR count). The van der Waals surface area contributed by atoms with Gasteiger partial charge >= 0.3 is 0 Å². The molecule has 1 saturated heterocycles. The van der Waals surface area contributed by atoms with Crippen molar-refractivity contribution >= 4 is 22.4 Å². The topological polar surface area (TPSA) is 58.1 Å². The van der Waals surface area contributed by atoms with Gasteiger partial charge in [0.05, 0.1) is 6.04 Å². The van der Waals surface area contributed by atoms with Gasteiger partial charge in [0.2, 0.25) is 11.0 Å². The van der Waals surface area contributed by atoms with Crippen LogP contribution in [0.2, 0.25) is 0 Å². The van der Waals surface area contributed by atoms with E-state index in [9.17, 15) is 4.79 Å². The smallest absolute Gasteiger partial charge is 0.243 e. The number of benzene rings is 1. The van der Waals surface area contributed by atoms with Crippen LogP contribution in [0.25, 0.3) is 10.6 Å². The summed E-state index contributed by atoms with van der Waals surface area (Å²) >= 11 is 1.41. The zero-order valence-electron chi connectivity index (χ0n) is 12.7. The first-order chi connectivity index (χ1) is 10.7. The van der Waals surface area contributed by atoms with E-state index in [1.807, 2.05) is 37.3 Å². The Labute approximate surface area is 134 Å². The van der Waals surface area contributed by atoms with E-state index in [1.165, 1.54) is 30.6 Å². The van der Waals surface area contributed by atoms with Crippen LogP contribution < -0.4 is 5.32 Å². The van der Waals surface area contributed by atoms with E-state index in [-0.39, 0.29) is 11.9 Å². The molecule has 0 radical (unpaired) electrons. The van der Waals surface area contributed by atoms with Crippen molar-refractivity contribution in [3.8, 4) is 10.6 Å². The van der Waals surface area contributed by atoms with Crippen LogP contribution >= 0.6 is 11.3 Å². The maximum Gasteiger partial charge on any atom is 0.243 e. The van der Waals surface area contributed by atoms with Gasteiger partial charge in [-0.15, -0.1) is 10.2 Å². The number of nitrogens with one attached hydrogen (secondary N) is 1. The summed E-state index contributed by atoms with van der Waals surface area (Å²) in [6.45, 7) is 3.96. The second-order valence-electron chi connectivity index (χ2n) is 5.54. The van der Waals surface area contributed by atoms with Crippen molar-refractivity contribution < 1.29 is 4.79 Å². The molecule has 5 nitrogen and oxygen atoms in total. The third-order valence-electron chi connectivity index (χ3n) is 3.99. The minimum absolute atomic E-state index is 0.00217. The minimum Gasteiger partial charge on any atom is -0.299 e.